The van der Waals surface area contributed by atoms with Gasteiger partial charge in [-0.3, -0.25) is 0 Å². The van der Waals surface area contributed by atoms with Crippen LogP contribution in [0.1, 0.15) is 60.8 Å². The molecule has 7 heteroatoms. The Bertz CT molecular complexity index is 705. The molecular weight excluding hydrogens is 306 g/mol. The monoisotopic (exact) mass is 329 g/mol. The van der Waals surface area contributed by atoms with E-state index in [9.17, 15) is 0 Å². The number of nitrogens with zero attached hydrogens (tertiary/aromatic N) is 5. The lowest BCUT2D eigenvalue weighted by Crippen LogP contribution is -2.34. The van der Waals surface area contributed by atoms with Crippen molar-refractivity contribution in [1.29, 1.82) is 0 Å². The molecule has 128 valence electrons. The minimum absolute atomic E-state index is 0.388. The van der Waals surface area contributed by atoms with Crippen molar-refractivity contribution in [3.05, 3.63) is 29.3 Å². The fourth-order valence-electron chi connectivity index (χ4n) is 3.24. The van der Waals surface area contributed by atoms with E-state index in [0.717, 1.165) is 55.0 Å². The molecule has 0 amide bonds. The molecule has 0 aromatic carbocycles. The highest BCUT2D eigenvalue weighted by atomic mass is 16.5. The van der Waals surface area contributed by atoms with Crippen LogP contribution in [-0.2, 0) is 11.3 Å². The van der Waals surface area contributed by atoms with Gasteiger partial charge in [-0.05, 0) is 32.6 Å². The van der Waals surface area contributed by atoms with Crippen molar-refractivity contribution in [2.45, 2.75) is 51.0 Å². The predicted octanol–water partition coefficient (Wildman–Crippen LogP) is 2.58. The number of rotatable bonds is 5. The number of hydrogen-bond acceptors (Lipinski definition) is 7. The van der Waals surface area contributed by atoms with Crippen molar-refractivity contribution in [2.75, 3.05) is 25.1 Å². The van der Waals surface area contributed by atoms with Crippen molar-refractivity contribution in [2.24, 2.45) is 0 Å². The second-order valence-corrected chi connectivity index (χ2v) is 6.74. The van der Waals surface area contributed by atoms with Gasteiger partial charge in [0.05, 0.1) is 0 Å². The van der Waals surface area contributed by atoms with E-state index in [-0.39, 0.29) is 0 Å². The fourth-order valence-corrected chi connectivity index (χ4v) is 3.24. The summed E-state index contributed by atoms with van der Waals surface area (Å²) in [5, 5.41) is 4.20. The van der Waals surface area contributed by atoms with Crippen molar-refractivity contribution in [1.82, 2.24) is 20.1 Å². The third kappa shape index (κ3) is 3.26. The Morgan fingerprint density at radius 2 is 1.92 bits per heavy atom. The first-order valence-electron chi connectivity index (χ1n) is 8.65. The topological polar surface area (TPSA) is 77.2 Å². The molecule has 4 rings (SSSR count). The van der Waals surface area contributed by atoms with Crippen LogP contribution in [0.4, 0.5) is 5.82 Å². The summed E-state index contributed by atoms with van der Waals surface area (Å²) in [5.41, 5.74) is 0.974. The molecule has 24 heavy (non-hydrogen) atoms. The number of anilines is 1. The molecule has 0 radical (unpaired) electrons. The van der Waals surface area contributed by atoms with Gasteiger partial charge in [-0.2, -0.15) is 4.98 Å². The molecule has 2 fully saturated rings. The van der Waals surface area contributed by atoms with E-state index in [2.05, 4.69) is 25.0 Å². The summed E-state index contributed by atoms with van der Waals surface area (Å²) in [4.78, 5) is 16.0. The van der Waals surface area contributed by atoms with E-state index in [4.69, 9.17) is 9.26 Å². The van der Waals surface area contributed by atoms with Crippen LogP contribution < -0.4 is 4.90 Å². The molecule has 1 aliphatic heterocycles. The predicted molar refractivity (Wildman–Crippen MR) is 87.9 cm³/mol. The van der Waals surface area contributed by atoms with Crippen molar-refractivity contribution in [3.63, 3.8) is 0 Å². The first-order valence-corrected chi connectivity index (χ1v) is 8.65. The summed E-state index contributed by atoms with van der Waals surface area (Å²) in [6.45, 7) is 4.33. The molecule has 0 spiro atoms. The van der Waals surface area contributed by atoms with Crippen LogP contribution in [0.5, 0.6) is 0 Å². The molecule has 2 aromatic heterocycles. The quantitative estimate of drug-likeness (QED) is 0.834. The van der Waals surface area contributed by atoms with Crippen LogP contribution in [0.3, 0.4) is 0 Å². The molecule has 2 aromatic rings. The Balaban J connectivity index is 1.41. The molecule has 2 aliphatic rings. The van der Waals surface area contributed by atoms with Gasteiger partial charge in [0.15, 0.2) is 11.6 Å². The number of methoxy groups -OCH3 is 1. The van der Waals surface area contributed by atoms with Crippen molar-refractivity contribution < 1.29 is 9.26 Å². The second-order valence-electron chi connectivity index (χ2n) is 6.74. The number of ether oxygens (including phenoxy) is 1. The van der Waals surface area contributed by atoms with E-state index in [1.165, 1.54) is 12.8 Å². The van der Waals surface area contributed by atoms with E-state index < -0.39 is 0 Å². The lowest BCUT2D eigenvalue weighted by atomic mass is 9.96. The van der Waals surface area contributed by atoms with E-state index in [0.29, 0.717) is 18.4 Å². The van der Waals surface area contributed by atoms with Crippen LogP contribution in [0.15, 0.2) is 10.6 Å². The molecule has 0 unspecified atom stereocenters. The lowest BCUT2D eigenvalue weighted by Gasteiger charge is -2.31. The summed E-state index contributed by atoms with van der Waals surface area (Å²) in [7, 11) is 1.66. The van der Waals surface area contributed by atoms with Gasteiger partial charge in [0.2, 0.25) is 5.89 Å². The van der Waals surface area contributed by atoms with E-state index >= 15 is 0 Å². The standard InChI is InChI=1S/C17H23N5O2/c1-11-9-15(19-14(18-11)10-23-2)22-7-5-12(6-8-22)16-20-17(24-21-16)13-3-4-13/h9,12-13H,3-8,10H2,1-2H3. The molecule has 7 nitrogen and oxygen atoms in total. The Morgan fingerprint density at radius 3 is 2.62 bits per heavy atom. The average molecular weight is 329 g/mol. The minimum Gasteiger partial charge on any atom is -0.377 e. The number of hydrogen-bond donors (Lipinski definition) is 0. The number of aromatic nitrogens is 4. The second kappa shape index (κ2) is 6.47. The van der Waals surface area contributed by atoms with Gasteiger partial charge < -0.3 is 14.2 Å². The zero-order valence-electron chi connectivity index (χ0n) is 14.2. The first kappa shape index (κ1) is 15.5. The van der Waals surface area contributed by atoms with Gasteiger partial charge in [0.25, 0.3) is 0 Å². The zero-order valence-corrected chi connectivity index (χ0v) is 14.2. The molecule has 1 aliphatic carbocycles. The Morgan fingerprint density at radius 1 is 1.12 bits per heavy atom. The summed E-state index contributed by atoms with van der Waals surface area (Å²) in [6.07, 6.45) is 4.42. The maximum Gasteiger partial charge on any atom is 0.229 e. The highest BCUT2D eigenvalue weighted by Crippen LogP contribution is 2.40. The van der Waals surface area contributed by atoms with Crippen LogP contribution in [-0.4, -0.2) is 40.3 Å². The summed E-state index contributed by atoms with van der Waals surface area (Å²) in [5.74, 6) is 4.36. The highest BCUT2D eigenvalue weighted by molar-refractivity contribution is 5.40. The van der Waals surface area contributed by atoms with Gasteiger partial charge in [-0.1, -0.05) is 5.16 Å². The maximum absolute atomic E-state index is 5.40. The SMILES string of the molecule is COCc1nc(C)cc(N2CCC(c3noc(C4CC4)n3)CC2)n1. The smallest absolute Gasteiger partial charge is 0.229 e. The lowest BCUT2D eigenvalue weighted by molar-refractivity contribution is 0.177. The maximum atomic E-state index is 5.40. The highest BCUT2D eigenvalue weighted by Gasteiger charge is 2.32. The van der Waals surface area contributed by atoms with Gasteiger partial charge in [0.1, 0.15) is 12.4 Å². The molecular formula is C17H23N5O2. The molecule has 3 heterocycles. The molecule has 0 atom stereocenters. The van der Waals surface area contributed by atoms with E-state index in [1.807, 2.05) is 13.0 Å². The molecule has 0 bridgehead atoms. The van der Waals surface area contributed by atoms with Gasteiger partial charge >= 0.3 is 0 Å². The molecule has 0 N–H and O–H groups in total. The van der Waals surface area contributed by atoms with Crippen LogP contribution in [0.2, 0.25) is 0 Å². The minimum atomic E-state index is 0.388. The summed E-state index contributed by atoms with van der Waals surface area (Å²) in [6, 6.07) is 2.04. The van der Waals surface area contributed by atoms with Crippen LogP contribution in [0, 0.1) is 6.92 Å². The van der Waals surface area contributed by atoms with Gasteiger partial charge in [-0.15, -0.1) is 0 Å². The Kier molecular flexibility index (Phi) is 4.18. The third-order valence-corrected chi connectivity index (χ3v) is 4.73. The average Bonchev–Trinajstić information content (AvgIpc) is 3.32. The van der Waals surface area contributed by atoms with E-state index in [1.54, 1.807) is 7.11 Å². The fraction of sp³-hybridized carbons (Fsp3) is 0.647. The summed E-state index contributed by atoms with van der Waals surface area (Å²) < 4.78 is 10.6. The van der Waals surface area contributed by atoms with Gasteiger partial charge in [-0.25, -0.2) is 9.97 Å². The van der Waals surface area contributed by atoms with Gasteiger partial charge in [0, 0.05) is 43.8 Å². The normalized spacial score (nSPS) is 19.0. The zero-order chi connectivity index (χ0) is 16.5. The Labute approximate surface area is 141 Å². The third-order valence-electron chi connectivity index (χ3n) is 4.73. The molecule has 1 saturated carbocycles. The van der Waals surface area contributed by atoms with Crippen molar-refractivity contribution in [3.8, 4) is 0 Å². The van der Waals surface area contributed by atoms with Crippen molar-refractivity contribution >= 4 is 5.82 Å². The first-order chi connectivity index (χ1) is 11.7. The summed E-state index contributed by atoms with van der Waals surface area (Å²) >= 11 is 0. The van der Waals surface area contributed by atoms with Crippen LogP contribution >= 0.6 is 0 Å². The van der Waals surface area contributed by atoms with Crippen LogP contribution in [0.25, 0.3) is 0 Å². The number of piperidine rings is 1. The largest absolute Gasteiger partial charge is 0.377 e. The molecule has 1 saturated heterocycles. The number of aryl methyl sites for hydroxylation is 1. The Hall–Kier alpha value is -2.02.